The quantitative estimate of drug-likeness (QED) is 0.667. The Labute approximate surface area is 113 Å². The van der Waals surface area contributed by atoms with Gasteiger partial charge in [-0.1, -0.05) is 0 Å². The molecule has 2 rings (SSSR count). The fourth-order valence-corrected chi connectivity index (χ4v) is 2.26. The van der Waals surface area contributed by atoms with Gasteiger partial charge in [-0.15, -0.1) is 0 Å². The van der Waals surface area contributed by atoms with Crippen molar-refractivity contribution in [2.45, 2.75) is 6.42 Å². The molecule has 20 heavy (non-hydrogen) atoms. The number of aliphatic carboxylic acids is 1. The standard InChI is InChI=1S/C12H13FN2O5/c1-20-11-5-9(8(13)4-10(11)15(18)19)14-3-2-7(6-14)12(16)17/h4-5,7H,2-3,6H2,1H3,(H,16,17). The van der Waals surface area contributed by atoms with Crippen LogP contribution in [0.3, 0.4) is 0 Å². The molecule has 1 aromatic rings. The second-order valence-electron chi connectivity index (χ2n) is 4.50. The number of nitro groups is 1. The lowest BCUT2D eigenvalue weighted by Gasteiger charge is -2.19. The fraction of sp³-hybridized carbons (Fsp3) is 0.417. The highest BCUT2D eigenvalue weighted by atomic mass is 19.1. The minimum Gasteiger partial charge on any atom is -0.490 e. The molecule has 1 aromatic carbocycles. The summed E-state index contributed by atoms with van der Waals surface area (Å²) in [6.07, 6.45) is 0.411. The first-order valence-electron chi connectivity index (χ1n) is 5.93. The summed E-state index contributed by atoms with van der Waals surface area (Å²) >= 11 is 0. The van der Waals surface area contributed by atoms with E-state index < -0.39 is 28.3 Å². The number of carboxylic acids is 1. The predicted molar refractivity (Wildman–Crippen MR) is 67.6 cm³/mol. The molecule has 0 aromatic heterocycles. The normalized spacial score (nSPS) is 18.1. The van der Waals surface area contributed by atoms with Crippen LogP contribution in [0.4, 0.5) is 15.8 Å². The Morgan fingerprint density at radius 3 is 2.80 bits per heavy atom. The van der Waals surface area contributed by atoms with Crippen molar-refractivity contribution in [3.05, 3.63) is 28.1 Å². The van der Waals surface area contributed by atoms with Crippen molar-refractivity contribution < 1.29 is 24.0 Å². The minimum absolute atomic E-state index is 0.0508. The number of halogens is 1. The molecule has 1 aliphatic heterocycles. The van der Waals surface area contributed by atoms with E-state index in [0.717, 1.165) is 6.07 Å². The molecule has 1 aliphatic rings. The highest BCUT2D eigenvalue weighted by molar-refractivity contribution is 5.72. The van der Waals surface area contributed by atoms with Gasteiger partial charge in [-0.3, -0.25) is 14.9 Å². The van der Waals surface area contributed by atoms with Crippen LogP contribution in [0.5, 0.6) is 5.75 Å². The van der Waals surface area contributed by atoms with Gasteiger partial charge in [0.1, 0.15) is 0 Å². The number of benzene rings is 1. The monoisotopic (exact) mass is 284 g/mol. The maximum absolute atomic E-state index is 14.0. The van der Waals surface area contributed by atoms with Crippen LogP contribution < -0.4 is 9.64 Å². The van der Waals surface area contributed by atoms with Crippen molar-refractivity contribution in [2.24, 2.45) is 5.92 Å². The number of methoxy groups -OCH3 is 1. The van der Waals surface area contributed by atoms with E-state index in [1.54, 1.807) is 4.90 Å². The predicted octanol–water partition coefficient (Wildman–Crippen LogP) is 1.65. The van der Waals surface area contributed by atoms with Gasteiger partial charge < -0.3 is 14.7 Å². The van der Waals surface area contributed by atoms with Crippen molar-refractivity contribution >= 4 is 17.3 Å². The van der Waals surface area contributed by atoms with E-state index in [4.69, 9.17) is 9.84 Å². The van der Waals surface area contributed by atoms with E-state index in [0.29, 0.717) is 13.0 Å². The topological polar surface area (TPSA) is 92.9 Å². The summed E-state index contributed by atoms with van der Waals surface area (Å²) < 4.78 is 18.8. The second kappa shape index (κ2) is 5.32. The average molecular weight is 284 g/mol. The van der Waals surface area contributed by atoms with Crippen molar-refractivity contribution in [1.82, 2.24) is 0 Å². The van der Waals surface area contributed by atoms with Gasteiger partial charge in [-0.05, 0) is 6.42 Å². The number of rotatable bonds is 4. The molecule has 0 radical (unpaired) electrons. The van der Waals surface area contributed by atoms with E-state index in [9.17, 15) is 19.3 Å². The third-order valence-corrected chi connectivity index (χ3v) is 3.32. The number of hydrogen-bond donors (Lipinski definition) is 1. The first-order chi connectivity index (χ1) is 9.43. The summed E-state index contributed by atoms with van der Waals surface area (Å²) in [7, 11) is 1.26. The molecule has 0 amide bonds. The van der Waals surface area contributed by atoms with Gasteiger partial charge >= 0.3 is 11.7 Å². The molecule has 8 heteroatoms. The maximum Gasteiger partial charge on any atom is 0.313 e. The Hall–Kier alpha value is -2.38. The SMILES string of the molecule is COc1cc(N2CCC(C(=O)O)C2)c(F)cc1[N+](=O)[O-]. The number of nitro benzene ring substituents is 1. The molecule has 0 bridgehead atoms. The van der Waals surface area contributed by atoms with Crippen molar-refractivity contribution in [1.29, 1.82) is 0 Å². The van der Waals surface area contributed by atoms with E-state index in [1.165, 1.54) is 13.2 Å². The number of hydrogen-bond acceptors (Lipinski definition) is 5. The summed E-state index contributed by atoms with van der Waals surface area (Å²) in [5, 5.41) is 19.7. The zero-order valence-corrected chi connectivity index (χ0v) is 10.7. The Morgan fingerprint density at radius 2 is 2.30 bits per heavy atom. The summed E-state index contributed by atoms with van der Waals surface area (Å²) in [6, 6.07) is 2.03. The van der Waals surface area contributed by atoms with Gasteiger partial charge in [0.2, 0.25) is 0 Å². The van der Waals surface area contributed by atoms with Gasteiger partial charge in [0.05, 0.1) is 29.7 Å². The van der Waals surface area contributed by atoms with Crippen LogP contribution in [0.15, 0.2) is 12.1 Å². The van der Waals surface area contributed by atoms with E-state index in [2.05, 4.69) is 0 Å². The summed E-state index contributed by atoms with van der Waals surface area (Å²) in [4.78, 5) is 22.5. The lowest BCUT2D eigenvalue weighted by Crippen LogP contribution is -2.23. The molecule has 0 spiro atoms. The van der Waals surface area contributed by atoms with Crippen LogP contribution in [0, 0.1) is 21.8 Å². The average Bonchev–Trinajstić information content (AvgIpc) is 2.87. The van der Waals surface area contributed by atoms with Crippen LogP contribution in [-0.2, 0) is 4.79 Å². The number of carbonyl (C=O) groups is 1. The first-order valence-corrected chi connectivity index (χ1v) is 5.93. The molecule has 1 saturated heterocycles. The number of ether oxygens (including phenoxy) is 1. The Balaban J connectivity index is 2.34. The van der Waals surface area contributed by atoms with Crippen LogP contribution in [-0.4, -0.2) is 36.2 Å². The van der Waals surface area contributed by atoms with Crippen LogP contribution >= 0.6 is 0 Å². The molecule has 7 nitrogen and oxygen atoms in total. The molecule has 0 aliphatic carbocycles. The molecule has 108 valence electrons. The smallest absolute Gasteiger partial charge is 0.313 e. The zero-order chi connectivity index (χ0) is 14.9. The van der Waals surface area contributed by atoms with Gasteiger partial charge in [-0.25, -0.2) is 4.39 Å². The van der Waals surface area contributed by atoms with E-state index >= 15 is 0 Å². The molecule has 0 saturated carbocycles. The number of carboxylic acid groups (broad SMARTS) is 1. The lowest BCUT2D eigenvalue weighted by molar-refractivity contribution is -0.385. The van der Waals surface area contributed by atoms with Crippen LogP contribution in [0.25, 0.3) is 0 Å². The minimum atomic E-state index is -0.929. The molecule has 1 unspecified atom stereocenters. The molecule has 1 heterocycles. The molecular formula is C12H13FN2O5. The van der Waals surface area contributed by atoms with Gasteiger partial charge in [0.25, 0.3) is 0 Å². The van der Waals surface area contributed by atoms with E-state index in [1.807, 2.05) is 0 Å². The lowest BCUT2D eigenvalue weighted by atomic mass is 10.1. The summed E-state index contributed by atoms with van der Waals surface area (Å²) in [5.74, 6) is -2.30. The molecule has 1 N–H and O–H groups in total. The van der Waals surface area contributed by atoms with Gasteiger partial charge in [0.15, 0.2) is 11.6 Å². The fourth-order valence-electron chi connectivity index (χ4n) is 2.26. The highest BCUT2D eigenvalue weighted by Gasteiger charge is 2.31. The maximum atomic E-state index is 14.0. The van der Waals surface area contributed by atoms with Crippen LogP contribution in [0.1, 0.15) is 6.42 Å². The highest BCUT2D eigenvalue weighted by Crippen LogP contribution is 2.36. The van der Waals surface area contributed by atoms with Gasteiger partial charge in [-0.2, -0.15) is 0 Å². The molecule has 1 fully saturated rings. The van der Waals surface area contributed by atoms with Crippen LogP contribution in [0.2, 0.25) is 0 Å². The van der Waals surface area contributed by atoms with E-state index in [-0.39, 0.29) is 18.0 Å². The Kier molecular flexibility index (Phi) is 3.73. The first kappa shape index (κ1) is 14.0. The Morgan fingerprint density at radius 1 is 1.60 bits per heavy atom. The molecular weight excluding hydrogens is 271 g/mol. The van der Waals surface area contributed by atoms with Crippen molar-refractivity contribution in [3.8, 4) is 5.75 Å². The third-order valence-electron chi connectivity index (χ3n) is 3.32. The Bertz CT molecular complexity index is 563. The van der Waals surface area contributed by atoms with Crippen molar-refractivity contribution in [3.63, 3.8) is 0 Å². The second-order valence-corrected chi connectivity index (χ2v) is 4.50. The largest absolute Gasteiger partial charge is 0.490 e. The zero-order valence-electron chi connectivity index (χ0n) is 10.7. The third kappa shape index (κ3) is 2.49. The summed E-state index contributed by atoms with van der Waals surface area (Å²) in [6.45, 7) is 0.558. The number of anilines is 1. The van der Waals surface area contributed by atoms with Gasteiger partial charge in [0, 0.05) is 19.2 Å². The molecule has 1 atom stereocenters. The summed E-state index contributed by atoms with van der Waals surface area (Å²) in [5.41, 5.74) is -0.334. The number of nitrogens with zero attached hydrogens (tertiary/aromatic N) is 2. The van der Waals surface area contributed by atoms with Crippen molar-refractivity contribution in [2.75, 3.05) is 25.1 Å².